The van der Waals surface area contributed by atoms with E-state index in [2.05, 4.69) is 10.3 Å². The molecule has 0 saturated heterocycles. The molecule has 0 aliphatic rings. The third-order valence-corrected chi connectivity index (χ3v) is 2.23. The van der Waals surface area contributed by atoms with Crippen LogP contribution in [-0.2, 0) is 11.3 Å². The molecule has 0 spiro atoms. The van der Waals surface area contributed by atoms with Gasteiger partial charge in [-0.25, -0.2) is 4.79 Å². The summed E-state index contributed by atoms with van der Waals surface area (Å²) < 4.78 is 1.15. The molecule has 1 aromatic rings. The summed E-state index contributed by atoms with van der Waals surface area (Å²) in [4.78, 5) is 35.6. The van der Waals surface area contributed by atoms with Crippen LogP contribution in [0.5, 0.6) is 0 Å². The van der Waals surface area contributed by atoms with Crippen LogP contribution in [-0.4, -0.2) is 21.5 Å². The number of aromatic amines is 1. The second kappa shape index (κ2) is 5.29. The van der Waals surface area contributed by atoms with Gasteiger partial charge in [0.05, 0.1) is 0 Å². The zero-order valence-electron chi connectivity index (χ0n) is 9.32. The number of aromatic nitrogens is 2. The topological polar surface area (TPSA) is 84.0 Å². The second-order valence-corrected chi connectivity index (χ2v) is 3.61. The van der Waals surface area contributed by atoms with Crippen LogP contribution in [0.4, 0.5) is 0 Å². The quantitative estimate of drug-likeness (QED) is 0.721. The molecule has 1 atom stereocenters. The van der Waals surface area contributed by atoms with Crippen molar-refractivity contribution in [3.05, 3.63) is 33.1 Å². The summed E-state index contributed by atoms with van der Waals surface area (Å²) in [5.41, 5.74) is -1.05. The van der Waals surface area contributed by atoms with E-state index in [0.717, 1.165) is 11.0 Å². The average molecular weight is 225 g/mol. The number of H-pyrrole nitrogens is 1. The zero-order valence-corrected chi connectivity index (χ0v) is 9.32. The summed E-state index contributed by atoms with van der Waals surface area (Å²) in [5, 5.41) is 2.73. The van der Waals surface area contributed by atoms with Crippen LogP contribution in [0.15, 0.2) is 21.9 Å². The van der Waals surface area contributed by atoms with Gasteiger partial charge in [-0.1, -0.05) is 6.92 Å². The molecule has 1 unspecified atom stereocenters. The normalized spacial score (nSPS) is 12.1. The van der Waals surface area contributed by atoms with Crippen molar-refractivity contribution in [1.29, 1.82) is 0 Å². The molecule has 1 heterocycles. The predicted octanol–water partition coefficient (Wildman–Crippen LogP) is -0.549. The molecule has 0 radical (unpaired) electrons. The van der Waals surface area contributed by atoms with Crippen molar-refractivity contribution < 1.29 is 4.79 Å². The predicted molar refractivity (Wildman–Crippen MR) is 59.2 cm³/mol. The van der Waals surface area contributed by atoms with E-state index >= 15 is 0 Å². The fraction of sp³-hybridized carbons (Fsp3) is 0.500. The Hall–Kier alpha value is -1.85. The van der Waals surface area contributed by atoms with Gasteiger partial charge in [-0.05, 0) is 13.3 Å². The molecule has 1 aromatic heterocycles. The molecule has 0 aromatic carbocycles. The van der Waals surface area contributed by atoms with E-state index in [9.17, 15) is 14.4 Å². The number of carbonyl (C=O) groups is 1. The Balaban J connectivity index is 2.70. The summed E-state index contributed by atoms with van der Waals surface area (Å²) >= 11 is 0. The van der Waals surface area contributed by atoms with Gasteiger partial charge in [-0.2, -0.15) is 0 Å². The number of rotatable bonds is 4. The first-order valence-electron chi connectivity index (χ1n) is 5.12. The monoisotopic (exact) mass is 225 g/mol. The van der Waals surface area contributed by atoms with E-state index in [1.165, 1.54) is 12.3 Å². The summed E-state index contributed by atoms with van der Waals surface area (Å²) in [6.07, 6.45) is 2.13. The molecule has 0 bridgehead atoms. The lowest BCUT2D eigenvalue weighted by Gasteiger charge is -2.11. The van der Waals surface area contributed by atoms with Gasteiger partial charge in [0.25, 0.3) is 5.56 Å². The van der Waals surface area contributed by atoms with E-state index in [4.69, 9.17) is 0 Å². The third-order valence-electron chi connectivity index (χ3n) is 2.23. The van der Waals surface area contributed by atoms with Crippen LogP contribution < -0.4 is 16.6 Å². The fourth-order valence-corrected chi connectivity index (χ4v) is 1.15. The number of hydrogen-bond acceptors (Lipinski definition) is 3. The first-order valence-corrected chi connectivity index (χ1v) is 5.12. The Morgan fingerprint density at radius 3 is 2.81 bits per heavy atom. The average Bonchev–Trinajstić information content (AvgIpc) is 2.22. The lowest BCUT2D eigenvalue weighted by Crippen LogP contribution is -2.38. The van der Waals surface area contributed by atoms with Gasteiger partial charge in [0.1, 0.15) is 6.54 Å². The Morgan fingerprint density at radius 2 is 2.25 bits per heavy atom. The van der Waals surface area contributed by atoms with Crippen molar-refractivity contribution in [2.75, 3.05) is 0 Å². The maximum absolute atomic E-state index is 11.5. The molecule has 6 nitrogen and oxygen atoms in total. The second-order valence-electron chi connectivity index (χ2n) is 3.61. The van der Waals surface area contributed by atoms with Gasteiger partial charge in [0.2, 0.25) is 5.91 Å². The minimum atomic E-state index is -0.577. The molecule has 16 heavy (non-hydrogen) atoms. The minimum absolute atomic E-state index is 0.0750. The molecule has 1 rings (SSSR count). The lowest BCUT2D eigenvalue weighted by atomic mass is 10.2. The highest BCUT2D eigenvalue weighted by molar-refractivity contribution is 5.75. The number of nitrogens with zero attached hydrogens (tertiary/aromatic N) is 1. The van der Waals surface area contributed by atoms with E-state index in [0.29, 0.717) is 0 Å². The van der Waals surface area contributed by atoms with Crippen molar-refractivity contribution in [2.45, 2.75) is 32.9 Å². The molecule has 0 aliphatic carbocycles. The van der Waals surface area contributed by atoms with E-state index in [-0.39, 0.29) is 18.5 Å². The van der Waals surface area contributed by atoms with Crippen molar-refractivity contribution >= 4 is 5.91 Å². The molecule has 0 fully saturated rings. The van der Waals surface area contributed by atoms with Gasteiger partial charge in [0.15, 0.2) is 0 Å². The van der Waals surface area contributed by atoms with E-state index < -0.39 is 11.2 Å². The first-order chi connectivity index (χ1) is 7.52. The first kappa shape index (κ1) is 12.2. The van der Waals surface area contributed by atoms with Gasteiger partial charge in [0, 0.05) is 18.3 Å². The maximum Gasteiger partial charge on any atom is 0.328 e. The minimum Gasteiger partial charge on any atom is -0.352 e. The molecule has 88 valence electrons. The largest absolute Gasteiger partial charge is 0.352 e. The number of carbonyl (C=O) groups excluding carboxylic acids is 1. The SMILES string of the molecule is CCC(C)NC(=O)Cn1ccc(=O)[nH]c1=O. The standard InChI is InChI=1S/C10H15N3O3/c1-3-7(2)11-9(15)6-13-5-4-8(14)12-10(13)16/h4-5,7H,3,6H2,1-2H3,(H,11,15)(H,12,14,16). The van der Waals surface area contributed by atoms with Crippen molar-refractivity contribution in [2.24, 2.45) is 0 Å². The van der Waals surface area contributed by atoms with E-state index in [1.54, 1.807) is 0 Å². The number of nitrogens with one attached hydrogen (secondary N) is 2. The fourth-order valence-electron chi connectivity index (χ4n) is 1.15. The van der Waals surface area contributed by atoms with Gasteiger partial charge in [-0.15, -0.1) is 0 Å². The van der Waals surface area contributed by atoms with Crippen LogP contribution in [0.1, 0.15) is 20.3 Å². The molecule has 2 N–H and O–H groups in total. The van der Waals surface area contributed by atoms with Crippen LogP contribution in [0.2, 0.25) is 0 Å². The van der Waals surface area contributed by atoms with Crippen LogP contribution in [0.3, 0.4) is 0 Å². The zero-order chi connectivity index (χ0) is 12.1. The smallest absolute Gasteiger partial charge is 0.328 e. The molecule has 0 saturated carbocycles. The number of hydrogen-bond donors (Lipinski definition) is 2. The van der Waals surface area contributed by atoms with Crippen LogP contribution in [0, 0.1) is 0 Å². The Bertz CT molecular complexity index is 475. The van der Waals surface area contributed by atoms with Crippen molar-refractivity contribution in [1.82, 2.24) is 14.9 Å². The Labute approximate surface area is 92.3 Å². The molecule has 0 aliphatic heterocycles. The lowest BCUT2D eigenvalue weighted by molar-refractivity contribution is -0.122. The molecule has 1 amide bonds. The van der Waals surface area contributed by atoms with Gasteiger partial charge >= 0.3 is 5.69 Å². The number of amides is 1. The van der Waals surface area contributed by atoms with Crippen molar-refractivity contribution in [3.63, 3.8) is 0 Å². The molecular weight excluding hydrogens is 210 g/mol. The Morgan fingerprint density at radius 1 is 1.56 bits per heavy atom. The Kier molecular flexibility index (Phi) is 4.04. The summed E-state index contributed by atoms with van der Waals surface area (Å²) in [5.74, 6) is -0.247. The summed E-state index contributed by atoms with van der Waals surface area (Å²) in [6.45, 7) is 3.75. The van der Waals surface area contributed by atoms with Crippen LogP contribution in [0.25, 0.3) is 0 Å². The molecule has 6 heteroatoms. The summed E-state index contributed by atoms with van der Waals surface area (Å²) in [6, 6.07) is 1.28. The maximum atomic E-state index is 11.5. The highest BCUT2D eigenvalue weighted by atomic mass is 16.2. The van der Waals surface area contributed by atoms with Crippen LogP contribution >= 0.6 is 0 Å². The highest BCUT2D eigenvalue weighted by Gasteiger charge is 2.07. The summed E-state index contributed by atoms with van der Waals surface area (Å²) in [7, 11) is 0. The molecular formula is C10H15N3O3. The van der Waals surface area contributed by atoms with Gasteiger partial charge in [-0.3, -0.25) is 19.1 Å². The highest BCUT2D eigenvalue weighted by Crippen LogP contribution is 1.88. The van der Waals surface area contributed by atoms with Gasteiger partial charge < -0.3 is 5.32 Å². The van der Waals surface area contributed by atoms with E-state index in [1.807, 2.05) is 13.8 Å². The van der Waals surface area contributed by atoms with Crippen molar-refractivity contribution in [3.8, 4) is 0 Å². The third kappa shape index (κ3) is 3.38.